The van der Waals surface area contributed by atoms with E-state index in [9.17, 15) is 19.2 Å². The molecule has 4 aromatic carbocycles. The lowest BCUT2D eigenvalue weighted by atomic mass is 9.55. The van der Waals surface area contributed by atoms with Crippen molar-refractivity contribution in [2.75, 3.05) is 16.3 Å². The first-order chi connectivity index (χ1) is 21.4. The Balaban J connectivity index is 1.04. The van der Waals surface area contributed by atoms with E-state index in [0.717, 1.165) is 34.4 Å². The number of nitrogens with zero attached hydrogens (tertiary/aromatic N) is 2. The van der Waals surface area contributed by atoms with E-state index in [1.807, 2.05) is 48.5 Å². The second-order valence-electron chi connectivity index (χ2n) is 12.1. The molecule has 9 rings (SSSR count). The van der Waals surface area contributed by atoms with Crippen LogP contribution in [-0.4, -0.2) is 30.2 Å². The Morgan fingerprint density at radius 3 is 1.84 bits per heavy atom. The van der Waals surface area contributed by atoms with E-state index in [1.165, 1.54) is 10.5 Å². The molecule has 0 N–H and O–H groups in total. The Morgan fingerprint density at radius 1 is 0.727 bits per heavy atom. The van der Waals surface area contributed by atoms with Crippen LogP contribution in [0.1, 0.15) is 53.0 Å². The van der Waals surface area contributed by atoms with Gasteiger partial charge in [-0.2, -0.15) is 0 Å². The zero-order chi connectivity index (χ0) is 30.1. The number of aryl methyl sites for hydroxylation is 1. The molecule has 0 radical (unpaired) electrons. The molecule has 2 saturated heterocycles. The summed E-state index contributed by atoms with van der Waals surface area (Å²) in [5.41, 5.74) is 6.78. The smallest absolute Gasteiger partial charge is 0.316 e. The monoisotopic (exact) mass is 582 g/mol. The molecule has 2 bridgehead atoms. The van der Waals surface area contributed by atoms with Crippen LogP contribution in [-0.2, 0) is 25.6 Å². The van der Waals surface area contributed by atoms with Crippen LogP contribution in [0.3, 0.4) is 0 Å². The van der Waals surface area contributed by atoms with Gasteiger partial charge in [-0.1, -0.05) is 73.7 Å². The van der Waals surface area contributed by atoms with Crippen molar-refractivity contribution in [2.24, 2.45) is 17.8 Å². The predicted molar refractivity (Wildman–Crippen MR) is 164 cm³/mol. The van der Waals surface area contributed by atoms with Gasteiger partial charge in [0.2, 0.25) is 17.7 Å². The van der Waals surface area contributed by atoms with E-state index in [1.54, 1.807) is 29.2 Å². The standard InChI is InChI=1S/C37H30N2O5/c1-2-21-14-16-23(17-15-21)38-20-22(18-30(38)40)37(43)44-25-9-7-8-24(19-25)39-35(41)33-31-26-10-3-4-11-27(26)32(34(33)36(39)42)29-13-6-5-12-28(29)31/h3-17,19,22,31-34H,2,18,20H2,1H3/t22-,31?,32?,33+,34+/m1/s1. The molecule has 3 amide bonds. The van der Waals surface area contributed by atoms with Crippen molar-refractivity contribution in [3.8, 4) is 5.75 Å². The van der Waals surface area contributed by atoms with Crippen molar-refractivity contribution < 1.29 is 23.9 Å². The van der Waals surface area contributed by atoms with Gasteiger partial charge in [-0.15, -0.1) is 0 Å². The largest absolute Gasteiger partial charge is 0.426 e. The SMILES string of the molecule is CCc1ccc(N2C[C@H](C(=O)Oc3cccc(N4C(=O)[C@H]5C6c7ccccc7C(c7ccccc76)[C@@H]5C4=O)c3)CC2=O)cc1. The number of hydrogen-bond donors (Lipinski definition) is 0. The molecule has 3 aliphatic carbocycles. The third kappa shape index (κ3) is 3.88. The van der Waals surface area contributed by atoms with Gasteiger partial charge >= 0.3 is 5.97 Å². The minimum absolute atomic E-state index is 0.0599. The van der Waals surface area contributed by atoms with Gasteiger partial charge in [-0.3, -0.25) is 19.2 Å². The van der Waals surface area contributed by atoms with E-state index >= 15 is 0 Å². The minimum atomic E-state index is -0.623. The van der Waals surface area contributed by atoms with Crippen LogP contribution in [0.15, 0.2) is 97.1 Å². The number of hydrogen-bond acceptors (Lipinski definition) is 5. The fourth-order valence-electron chi connectivity index (χ4n) is 7.84. The third-order valence-electron chi connectivity index (χ3n) is 9.86. The summed E-state index contributed by atoms with van der Waals surface area (Å²) < 4.78 is 5.75. The number of ether oxygens (including phenoxy) is 1. The first-order valence-electron chi connectivity index (χ1n) is 15.2. The van der Waals surface area contributed by atoms with E-state index < -0.39 is 23.7 Å². The van der Waals surface area contributed by atoms with E-state index in [4.69, 9.17) is 4.74 Å². The molecule has 2 aliphatic heterocycles. The average Bonchev–Trinajstić information content (AvgIpc) is 3.58. The van der Waals surface area contributed by atoms with E-state index in [2.05, 4.69) is 31.2 Å². The summed E-state index contributed by atoms with van der Waals surface area (Å²) in [6.07, 6.45) is 0.963. The Bertz CT molecular complexity index is 1750. The molecule has 4 aromatic rings. The zero-order valence-corrected chi connectivity index (χ0v) is 24.2. The molecule has 218 valence electrons. The highest BCUT2D eigenvalue weighted by Crippen LogP contribution is 2.61. The van der Waals surface area contributed by atoms with Gasteiger partial charge in [0.05, 0.1) is 23.4 Å². The number of benzene rings is 4. The second-order valence-corrected chi connectivity index (χ2v) is 12.1. The Morgan fingerprint density at radius 2 is 1.30 bits per heavy atom. The number of imide groups is 1. The molecule has 7 heteroatoms. The summed E-state index contributed by atoms with van der Waals surface area (Å²) in [5, 5.41) is 0. The Labute approximate surface area is 255 Å². The zero-order valence-electron chi connectivity index (χ0n) is 24.2. The van der Waals surface area contributed by atoms with E-state index in [0.29, 0.717) is 5.69 Å². The third-order valence-corrected chi connectivity index (χ3v) is 9.86. The molecular formula is C37H30N2O5. The van der Waals surface area contributed by atoms with Gasteiger partial charge in [-0.05, 0) is 58.5 Å². The number of carbonyl (C=O) groups is 4. The molecule has 7 nitrogen and oxygen atoms in total. The van der Waals surface area contributed by atoms with Crippen molar-refractivity contribution >= 4 is 35.1 Å². The maximum atomic E-state index is 14.1. The van der Waals surface area contributed by atoms with Crippen molar-refractivity contribution in [3.63, 3.8) is 0 Å². The summed E-state index contributed by atoms with van der Waals surface area (Å²) in [6, 6.07) is 30.6. The molecule has 0 spiro atoms. The van der Waals surface area contributed by atoms with Crippen LogP contribution in [0.2, 0.25) is 0 Å². The van der Waals surface area contributed by atoms with Gasteiger partial charge in [-0.25, -0.2) is 4.90 Å². The lowest BCUT2D eigenvalue weighted by molar-refractivity contribution is -0.139. The normalized spacial score (nSPS) is 24.8. The number of anilines is 2. The highest BCUT2D eigenvalue weighted by atomic mass is 16.5. The maximum absolute atomic E-state index is 14.1. The van der Waals surface area contributed by atoms with Crippen molar-refractivity contribution in [3.05, 3.63) is 125 Å². The van der Waals surface area contributed by atoms with Crippen molar-refractivity contribution in [1.29, 1.82) is 0 Å². The lowest BCUT2D eigenvalue weighted by Crippen LogP contribution is -2.41. The van der Waals surface area contributed by atoms with Crippen LogP contribution in [0.5, 0.6) is 5.75 Å². The van der Waals surface area contributed by atoms with Gasteiger partial charge in [0.25, 0.3) is 0 Å². The number of amides is 3. The summed E-state index contributed by atoms with van der Waals surface area (Å²) in [7, 11) is 0. The first kappa shape index (κ1) is 26.6. The van der Waals surface area contributed by atoms with Crippen LogP contribution in [0.4, 0.5) is 11.4 Å². The number of carbonyl (C=O) groups excluding carboxylic acids is 4. The Hall–Kier alpha value is -5.04. The topological polar surface area (TPSA) is 84.0 Å². The lowest BCUT2D eigenvalue weighted by Gasteiger charge is -2.45. The second kappa shape index (κ2) is 10.0. The molecule has 0 saturated carbocycles. The first-order valence-corrected chi connectivity index (χ1v) is 15.2. The van der Waals surface area contributed by atoms with Crippen LogP contribution in [0, 0.1) is 17.8 Å². The molecule has 2 heterocycles. The molecule has 5 aliphatic rings. The quantitative estimate of drug-likeness (QED) is 0.174. The molecule has 44 heavy (non-hydrogen) atoms. The van der Waals surface area contributed by atoms with Gasteiger partial charge in [0, 0.05) is 36.6 Å². The minimum Gasteiger partial charge on any atom is -0.426 e. The predicted octanol–water partition coefficient (Wildman–Crippen LogP) is 5.60. The highest BCUT2D eigenvalue weighted by Gasteiger charge is 2.61. The number of rotatable bonds is 5. The summed E-state index contributed by atoms with van der Waals surface area (Å²) in [6.45, 7) is 2.31. The summed E-state index contributed by atoms with van der Waals surface area (Å²) in [5.74, 6) is -2.87. The Kier molecular flexibility index (Phi) is 6.05. The fourth-order valence-corrected chi connectivity index (χ4v) is 7.84. The van der Waals surface area contributed by atoms with Crippen LogP contribution >= 0.6 is 0 Å². The molecule has 2 fully saturated rings. The molecule has 3 atom stereocenters. The van der Waals surface area contributed by atoms with Crippen molar-refractivity contribution in [1.82, 2.24) is 0 Å². The fraction of sp³-hybridized carbons (Fsp3) is 0.243. The van der Waals surface area contributed by atoms with E-state index in [-0.39, 0.29) is 48.3 Å². The van der Waals surface area contributed by atoms with Crippen LogP contribution < -0.4 is 14.5 Å². The van der Waals surface area contributed by atoms with Gasteiger partial charge in [0.1, 0.15) is 5.75 Å². The van der Waals surface area contributed by atoms with Gasteiger partial charge < -0.3 is 9.64 Å². The highest BCUT2D eigenvalue weighted by molar-refractivity contribution is 6.23. The van der Waals surface area contributed by atoms with Crippen molar-refractivity contribution in [2.45, 2.75) is 31.6 Å². The number of esters is 1. The summed E-state index contributed by atoms with van der Waals surface area (Å²) in [4.78, 5) is 57.1. The molecule has 0 aromatic heterocycles. The van der Waals surface area contributed by atoms with Crippen LogP contribution in [0.25, 0.3) is 0 Å². The average molecular weight is 583 g/mol. The van der Waals surface area contributed by atoms with Gasteiger partial charge in [0.15, 0.2) is 0 Å². The molecule has 0 unspecified atom stereocenters. The molecular weight excluding hydrogens is 552 g/mol. The summed E-state index contributed by atoms with van der Waals surface area (Å²) >= 11 is 0. The maximum Gasteiger partial charge on any atom is 0.316 e.